The first-order valence-electron chi connectivity index (χ1n) is 12.5. The summed E-state index contributed by atoms with van der Waals surface area (Å²) in [5.41, 5.74) is -0.591. The Balaban J connectivity index is 1.79. The van der Waals surface area contributed by atoms with Crippen LogP contribution in [0.2, 0.25) is 0 Å². The molecule has 0 fully saturated rings. The summed E-state index contributed by atoms with van der Waals surface area (Å²) < 4.78 is 11.3. The Kier molecular flexibility index (Phi) is 7.68. The van der Waals surface area contributed by atoms with Gasteiger partial charge in [0, 0.05) is 36.5 Å². The molecule has 1 aromatic heterocycles. The van der Waals surface area contributed by atoms with Crippen molar-refractivity contribution in [1.82, 2.24) is 10.3 Å². The van der Waals surface area contributed by atoms with E-state index in [4.69, 9.17) is 9.47 Å². The Hall–Kier alpha value is -3.99. The van der Waals surface area contributed by atoms with Crippen molar-refractivity contribution >= 4 is 40.2 Å². The number of rotatable bonds is 3. The van der Waals surface area contributed by atoms with E-state index in [2.05, 4.69) is 10.3 Å². The third kappa shape index (κ3) is 5.33. The van der Waals surface area contributed by atoms with Crippen molar-refractivity contribution in [2.75, 3.05) is 0 Å². The number of carbonyl (C=O) groups is 4. The van der Waals surface area contributed by atoms with Gasteiger partial charge in [-0.25, -0.2) is 4.79 Å². The fourth-order valence-electron chi connectivity index (χ4n) is 4.89. The molecule has 0 bridgehead atoms. The molecule has 0 unspecified atom stereocenters. The topological polar surface area (TPSA) is 161 Å². The molecule has 2 aliphatic heterocycles. The zero-order valence-electron chi connectivity index (χ0n) is 21.4. The number of aliphatic hydroxyl groups excluding tert-OH is 1. The maximum atomic E-state index is 13.6. The van der Waals surface area contributed by atoms with Crippen molar-refractivity contribution in [3.8, 4) is 0 Å². The summed E-state index contributed by atoms with van der Waals surface area (Å²) in [5, 5.41) is 27.2. The van der Waals surface area contributed by atoms with E-state index in [9.17, 15) is 29.5 Å². The molecule has 2 aromatic rings. The van der Waals surface area contributed by atoms with Gasteiger partial charge in [-0.1, -0.05) is 18.2 Å². The minimum Gasteiger partial charge on any atom is -0.622 e. The molecule has 0 saturated carbocycles. The standard InChI is InChI=1S/C27H31N3O8/c1-15-8-9-19(31)10-11-24(33)38-17(3)23(32)12-21(26(35)37-15)27(29-25(34)16(2)30(27)36)13-18-14-28-22-7-5-4-6-20(18)22/h4-7,10-11,14-15,17,19,21,28,31H,8-9,12-13H2,1-3H3,(H,29,34)/t15-,17-,19+,21+,27-/m1/s1. The van der Waals surface area contributed by atoms with E-state index in [1.165, 1.54) is 19.9 Å². The van der Waals surface area contributed by atoms with Crippen molar-refractivity contribution < 1.29 is 38.5 Å². The summed E-state index contributed by atoms with van der Waals surface area (Å²) in [4.78, 5) is 54.9. The predicted octanol–water partition coefficient (Wildman–Crippen LogP) is 1.66. The molecule has 3 N–H and O–H groups in total. The molecule has 11 nitrogen and oxygen atoms in total. The highest BCUT2D eigenvalue weighted by Crippen LogP contribution is 2.34. The molecule has 0 saturated heterocycles. The number of ketones is 1. The molecular weight excluding hydrogens is 494 g/mol. The molecule has 0 spiro atoms. The summed E-state index contributed by atoms with van der Waals surface area (Å²) in [6, 6.07) is 7.37. The van der Waals surface area contributed by atoms with E-state index in [1.54, 1.807) is 13.1 Å². The van der Waals surface area contributed by atoms with Gasteiger partial charge >= 0.3 is 17.8 Å². The fourth-order valence-corrected chi connectivity index (χ4v) is 4.89. The zero-order valence-corrected chi connectivity index (χ0v) is 21.4. The molecule has 1 amide bonds. The van der Waals surface area contributed by atoms with E-state index >= 15 is 0 Å². The Morgan fingerprint density at radius 2 is 1.87 bits per heavy atom. The van der Waals surface area contributed by atoms with Crippen LogP contribution in [0.3, 0.4) is 0 Å². The summed E-state index contributed by atoms with van der Waals surface area (Å²) in [6.45, 7) is 4.32. The summed E-state index contributed by atoms with van der Waals surface area (Å²) in [7, 11) is 0. The van der Waals surface area contributed by atoms with Gasteiger partial charge < -0.3 is 24.8 Å². The summed E-state index contributed by atoms with van der Waals surface area (Å²) in [6.07, 6.45) is 0.855. The lowest BCUT2D eigenvalue weighted by Crippen LogP contribution is -2.60. The first-order valence-corrected chi connectivity index (χ1v) is 12.5. The molecule has 38 heavy (non-hydrogen) atoms. The van der Waals surface area contributed by atoms with Crippen molar-refractivity contribution in [3.05, 3.63) is 53.4 Å². The van der Waals surface area contributed by atoms with Gasteiger partial charge in [0.25, 0.3) is 11.4 Å². The lowest BCUT2D eigenvalue weighted by atomic mass is 9.82. The number of fused-ring (bicyclic) bond motifs is 1. The smallest absolute Gasteiger partial charge is 0.331 e. The lowest BCUT2D eigenvalue weighted by Gasteiger charge is -2.34. The molecular formula is C27H31N3O8. The number of aromatic amines is 1. The number of H-pyrrole nitrogens is 1. The summed E-state index contributed by atoms with van der Waals surface area (Å²) in [5.74, 6) is -4.42. The fraction of sp³-hybridized carbons (Fsp3) is 0.444. The van der Waals surface area contributed by atoms with Gasteiger partial charge in [0.05, 0.1) is 18.6 Å². The number of aromatic nitrogens is 1. The Bertz CT molecular complexity index is 1330. The number of benzene rings is 1. The molecule has 0 aliphatic carbocycles. The van der Waals surface area contributed by atoms with E-state index in [0.717, 1.165) is 17.0 Å². The SMILES string of the molecule is CC1=[N+]([O-])[C@](Cc2c[nH]c3ccccc23)([C@H]2CC(=O)[C@@H](C)OC(=O)C=C[C@@H](O)CC[C@@H](C)OC2=O)NC1=O. The number of esters is 2. The first kappa shape index (κ1) is 27.1. The maximum absolute atomic E-state index is 13.6. The number of ether oxygens (including phenoxy) is 2. The van der Waals surface area contributed by atoms with E-state index in [1.807, 2.05) is 24.3 Å². The molecule has 0 radical (unpaired) electrons. The highest BCUT2D eigenvalue weighted by molar-refractivity contribution is 6.37. The van der Waals surface area contributed by atoms with Crippen LogP contribution in [0.5, 0.6) is 0 Å². The van der Waals surface area contributed by atoms with Crippen molar-refractivity contribution in [2.45, 2.75) is 70.4 Å². The molecule has 3 heterocycles. The number of nitrogens with one attached hydrogen (secondary N) is 2. The normalized spacial score (nSPS) is 29.7. The predicted molar refractivity (Wildman–Crippen MR) is 136 cm³/mol. The van der Waals surface area contributed by atoms with Gasteiger partial charge in [-0.15, -0.1) is 0 Å². The van der Waals surface area contributed by atoms with E-state index < -0.39 is 59.9 Å². The molecule has 5 atom stereocenters. The molecule has 11 heteroatoms. The summed E-state index contributed by atoms with van der Waals surface area (Å²) >= 11 is 0. The van der Waals surface area contributed by atoms with Gasteiger partial charge in [-0.3, -0.25) is 19.7 Å². The van der Waals surface area contributed by atoms with Gasteiger partial charge in [-0.2, -0.15) is 4.74 Å². The lowest BCUT2D eigenvalue weighted by molar-refractivity contribution is -0.556. The molecule has 4 rings (SSSR count). The number of hydroxylamine groups is 1. The third-order valence-corrected chi connectivity index (χ3v) is 7.11. The Labute approximate surface area is 219 Å². The molecule has 202 valence electrons. The van der Waals surface area contributed by atoms with Gasteiger partial charge in [0.2, 0.25) is 0 Å². The molecule has 2 aliphatic rings. The van der Waals surface area contributed by atoms with Crippen LogP contribution in [-0.2, 0) is 35.1 Å². The van der Waals surface area contributed by atoms with Gasteiger partial charge in [-0.05, 0) is 44.4 Å². The first-order chi connectivity index (χ1) is 18.0. The minimum absolute atomic E-state index is 0.110. The average Bonchev–Trinajstić information content (AvgIpc) is 3.38. The number of cyclic esters (lactones) is 2. The number of carbonyl (C=O) groups excluding carboxylic acids is 4. The minimum atomic E-state index is -1.88. The highest BCUT2D eigenvalue weighted by Gasteiger charge is 2.59. The van der Waals surface area contributed by atoms with Crippen LogP contribution in [0, 0.1) is 11.1 Å². The number of para-hydroxylation sites is 1. The van der Waals surface area contributed by atoms with Crippen molar-refractivity contribution in [2.24, 2.45) is 5.92 Å². The second-order valence-corrected chi connectivity index (χ2v) is 9.85. The van der Waals surface area contributed by atoms with Crippen LogP contribution in [0.1, 0.15) is 45.6 Å². The second-order valence-electron chi connectivity index (χ2n) is 9.85. The van der Waals surface area contributed by atoms with Crippen LogP contribution in [-0.4, -0.2) is 68.1 Å². The van der Waals surface area contributed by atoms with Crippen LogP contribution in [0.15, 0.2) is 42.6 Å². The van der Waals surface area contributed by atoms with Crippen molar-refractivity contribution in [1.29, 1.82) is 0 Å². The van der Waals surface area contributed by atoms with Gasteiger partial charge in [0.15, 0.2) is 11.9 Å². The number of amides is 1. The number of hydrogen-bond donors (Lipinski definition) is 3. The number of Topliss-reactive ketones (excluding diaryl/α,β-unsaturated/α-hetero) is 1. The van der Waals surface area contributed by atoms with Crippen LogP contribution < -0.4 is 5.32 Å². The largest absolute Gasteiger partial charge is 0.622 e. The molecule has 1 aromatic carbocycles. The van der Waals surface area contributed by atoms with Crippen LogP contribution in [0.25, 0.3) is 10.9 Å². The van der Waals surface area contributed by atoms with Gasteiger partial charge in [0.1, 0.15) is 5.92 Å². The van der Waals surface area contributed by atoms with E-state index in [0.29, 0.717) is 10.3 Å². The van der Waals surface area contributed by atoms with Crippen LogP contribution >= 0.6 is 0 Å². The Morgan fingerprint density at radius 3 is 2.58 bits per heavy atom. The maximum Gasteiger partial charge on any atom is 0.331 e. The third-order valence-electron chi connectivity index (χ3n) is 7.11. The zero-order chi connectivity index (χ0) is 27.6. The highest BCUT2D eigenvalue weighted by atomic mass is 16.6. The number of aliphatic hydroxyl groups is 1. The second kappa shape index (κ2) is 10.8. The monoisotopic (exact) mass is 525 g/mol. The number of nitrogens with zero attached hydrogens (tertiary/aromatic N) is 1. The van der Waals surface area contributed by atoms with Crippen LogP contribution in [0.4, 0.5) is 0 Å². The quantitative estimate of drug-likeness (QED) is 0.310. The number of hydrogen-bond acceptors (Lipinski definition) is 8. The Morgan fingerprint density at radius 1 is 1.13 bits per heavy atom. The van der Waals surface area contributed by atoms with Crippen molar-refractivity contribution in [3.63, 3.8) is 0 Å². The average molecular weight is 526 g/mol. The van der Waals surface area contributed by atoms with E-state index in [-0.39, 0.29) is 25.0 Å².